The van der Waals surface area contributed by atoms with Crippen LogP contribution in [0, 0.1) is 0 Å². The van der Waals surface area contributed by atoms with Gasteiger partial charge in [0.25, 0.3) is 5.91 Å². The standard InChI is InChI=1S/C10H14N4O2/c11-4-1-5-12-10(15)8-2-3-9(7-14-16)13-6-8/h2-3,6-7,16H,1,4-5,11H2,(H,12,15)/p+1/b14-7+. The van der Waals surface area contributed by atoms with E-state index in [4.69, 9.17) is 5.21 Å². The molecule has 0 spiro atoms. The van der Waals surface area contributed by atoms with Crippen molar-refractivity contribution in [1.82, 2.24) is 10.3 Å². The van der Waals surface area contributed by atoms with Crippen molar-refractivity contribution < 1.29 is 15.7 Å². The van der Waals surface area contributed by atoms with E-state index in [0.717, 1.165) is 13.0 Å². The van der Waals surface area contributed by atoms with E-state index < -0.39 is 0 Å². The largest absolute Gasteiger partial charge is 0.411 e. The molecule has 1 rings (SSSR count). The van der Waals surface area contributed by atoms with Gasteiger partial charge >= 0.3 is 0 Å². The van der Waals surface area contributed by atoms with Crippen molar-refractivity contribution in [3.8, 4) is 0 Å². The average Bonchev–Trinajstić information content (AvgIpc) is 2.30. The molecule has 0 saturated heterocycles. The zero-order valence-electron chi connectivity index (χ0n) is 8.89. The van der Waals surface area contributed by atoms with Crippen molar-refractivity contribution in [2.45, 2.75) is 6.42 Å². The summed E-state index contributed by atoms with van der Waals surface area (Å²) in [4.78, 5) is 15.5. The number of pyridine rings is 1. The zero-order valence-corrected chi connectivity index (χ0v) is 8.89. The fourth-order valence-electron chi connectivity index (χ4n) is 1.10. The maximum Gasteiger partial charge on any atom is 0.252 e. The lowest BCUT2D eigenvalue weighted by atomic mass is 10.2. The molecule has 0 aliphatic carbocycles. The molecule has 6 heteroatoms. The van der Waals surface area contributed by atoms with Crippen LogP contribution in [-0.2, 0) is 0 Å². The lowest BCUT2D eigenvalue weighted by molar-refractivity contribution is -0.367. The van der Waals surface area contributed by atoms with Crippen molar-refractivity contribution in [3.63, 3.8) is 0 Å². The molecule has 1 aromatic rings. The topological polar surface area (TPSA) is 102 Å². The molecular formula is C10H15N4O2+. The Kier molecular flexibility index (Phi) is 4.94. The van der Waals surface area contributed by atoms with E-state index in [1.165, 1.54) is 12.4 Å². The molecule has 16 heavy (non-hydrogen) atoms. The van der Waals surface area contributed by atoms with Gasteiger partial charge in [0.1, 0.15) is 0 Å². The number of oxime groups is 1. The third-order valence-corrected chi connectivity index (χ3v) is 1.95. The molecule has 0 bridgehead atoms. The van der Waals surface area contributed by atoms with Crippen LogP contribution >= 0.6 is 0 Å². The highest BCUT2D eigenvalue weighted by Gasteiger charge is 2.04. The van der Waals surface area contributed by atoms with E-state index in [9.17, 15) is 4.79 Å². The molecule has 86 valence electrons. The first-order valence-electron chi connectivity index (χ1n) is 4.99. The quantitative estimate of drug-likeness (QED) is 0.265. The van der Waals surface area contributed by atoms with Gasteiger partial charge in [0.15, 0.2) is 0 Å². The molecule has 0 atom stereocenters. The maximum absolute atomic E-state index is 11.5. The van der Waals surface area contributed by atoms with Gasteiger partial charge in [-0.1, -0.05) is 5.16 Å². The van der Waals surface area contributed by atoms with Crippen LogP contribution in [0.5, 0.6) is 0 Å². The second-order valence-electron chi connectivity index (χ2n) is 3.18. The van der Waals surface area contributed by atoms with Gasteiger partial charge in [-0.3, -0.25) is 9.78 Å². The summed E-state index contributed by atoms with van der Waals surface area (Å²) in [5.74, 6) is -0.159. The zero-order chi connectivity index (χ0) is 11.8. The highest BCUT2D eigenvalue weighted by atomic mass is 16.4. The first kappa shape index (κ1) is 12.1. The third kappa shape index (κ3) is 3.66. The van der Waals surface area contributed by atoms with Crippen molar-refractivity contribution in [2.24, 2.45) is 5.16 Å². The van der Waals surface area contributed by atoms with Gasteiger partial charge in [-0.25, -0.2) is 0 Å². The fraction of sp³-hybridized carbons (Fsp3) is 0.300. The average molecular weight is 223 g/mol. The molecule has 0 saturated carbocycles. The maximum atomic E-state index is 11.5. The number of nitrogens with zero attached hydrogens (tertiary/aromatic N) is 2. The minimum absolute atomic E-state index is 0.159. The summed E-state index contributed by atoms with van der Waals surface area (Å²) in [6.45, 7) is 1.41. The van der Waals surface area contributed by atoms with Gasteiger partial charge in [-0.15, -0.1) is 0 Å². The molecular weight excluding hydrogens is 208 g/mol. The Balaban J connectivity index is 2.56. The van der Waals surface area contributed by atoms with Crippen LogP contribution in [0.2, 0.25) is 0 Å². The monoisotopic (exact) mass is 223 g/mol. The van der Waals surface area contributed by atoms with Crippen molar-refractivity contribution in [2.75, 3.05) is 13.1 Å². The lowest BCUT2D eigenvalue weighted by Gasteiger charge is -2.03. The summed E-state index contributed by atoms with van der Waals surface area (Å²) < 4.78 is 0. The predicted molar refractivity (Wildman–Crippen MR) is 58.3 cm³/mol. The Morgan fingerprint density at radius 1 is 1.62 bits per heavy atom. The molecule has 5 N–H and O–H groups in total. The normalized spacial score (nSPS) is 10.6. The molecule has 0 fully saturated rings. The Hall–Kier alpha value is -1.95. The molecule has 0 aliphatic rings. The Morgan fingerprint density at radius 2 is 2.44 bits per heavy atom. The van der Waals surface area contributed by atoms with E-state index in [1.54, 1.807) is 12.1 Å². The molecule has 6 nitrogen and oxygen atoms in total. The van der Waals surface area contributed by atoms with Crippen molar-refractivity contribution in [1.29, 1.82) is 0 Å². The molecule has 0 aromatic carbocycles. The SMILES string of the molecule is [NH3+]CCCNC(=O)c1ccc(/C=N/O)nc1. The summed E-state index contributed by atoms with van der Waals surface area (Å²) in [6, 6.07) is 3.24. The predicted octanol–water partition coefficient (Wildman–Crippen LogP) is -0.748. The highest BCUT2D eigenvalue weighted by molar-refractivity contribution is 5.94. The second kappa shape index (κ2) is 6.52. The number of quaternary nitrogens is 1. The summed E-state index contributed by atoms with van der Waals surface area (Å²) in [5.41, 5.74) is 4.67. The number of hydrogen-bond donors (Lipinski definition) is 3. The van der Waals surface area contributed by atoms with Crippen LogP contribution in [0.25, 0.3) is 0 Å². The summed E-state index contributed by atoms with van der Waals surface area (Å²) in [6.07, 6.45) is 3.50. The Labute approximate surface area is 93.2 Å². The van der Waals surface area contributed by atoms with Crippen LogP contribution < -0.4 is 11.1 Å². The molecule has 1 aromatic heterocycles. The van der Waals surface area contributed by atoms with E-state index >= 15 is 0 Å². The van der Waals surface area contributed by atoms with Crippen LogP contribution in [0.15, 0.2) is 23.5 Å². The number of nitrogens with one attached hydrogen (secondary N) is 1. The first-order valence-corrected chi connectivity index (χ1v) is 4.99. The molecule has 1 amide bonds. The molecule has 0 unspecified atom stereocenters. The van der Waals surface area contributed by atoms with Crippen LogP contribution in [0.4, 0.5) is 0 Å². The number of carbonyl (C=O) groups excluding carboxylic acids is 1. The van der Waals surface area contributed by atoms with Gasteiger partial charge in [0.2, 0.25) is 0 Å². The van der Waals surface area contributed by atoms with Crippen molar-refractivity contribution in [3.05, 3.63) is 29.6 Å². The number of hydrogen-bond acceptors (Lipinski definition) is 4. The summed E-state index contributed by atoms with van der Waals surface area (Å²) in [5, 5.41) is 13.9. The first-order chi connectivity index (χ1) is 7.77. The minimum atomic E-state index is -0.159. The highest BCUT2D eigenvalue weighted by Crippen LogP contribution is 1.98. The number of aromatic nitrogens is 1. The van der Waals surface area contributed by atoms with Crippen molar-refractivity contribution >= 4 is 12.1 Å². The van der Waals surface area contributed by atoms with E-state index in [2.05, 4.69) is 21.2 Å². The molecule has 0 radical (unpaired) electrons. The number of carbonyl (C=O) groups is 1. The van der Waals surface area contributed by atoms with Gasteiger partial charge in [-0.05, 0) is 12.1 Å². The van der Waals surface area contributed by atoms with Crippen LogP contribution in [0.1, 0.15) is 22.5 Å². The molecule has 1 heterocycles. The Morgan fingerprint density at radius 3 is 3.00 bits per heavy atom. The van der Waals surface area contributed by atoms with Crippen LogP contribution in [0.3, 0.4) is 0 Å². The lowest BCUT2D eigenvalue weighted by Crippen LogP contribution is -2.51. The smallest absolute Gasteiger partial charge is 0.252 e. The van der Waals surface area contributed by atoms with E-state index in [-0.39, 0.29) is 5.91 Å². The fourth-order valence-corrected chi connectivity index (χ4v) is 1.10. The minimum Gasteiger partial charge on any atom is -0.411 e. The van der Waals surface area contributed by atoms with E-state index in [0.29, 0.717) is 17.8 Å². The summed E-state index contributed by atoms with van der Waals surface area (Å²) >= 11 is 0. The van der Waals surface area contributed by atoms with Gasteiger partial charge < -0.3 is 16.3 Å². The second-order valence-corrected chi connectivity index (χ2v) is 3.18. The third-order valence-electron chi connectivity index (χ3n) is 1.95. The van der Waals surface area contributed by atoms with Gasteiger partial charge in [-0.2, -0.15) is 0 Å². The number of amides is 1. The van der Waals surface area contributed by atoms with E-state index in [1.807, 2.05) is 0 Å². The van der Waals surface area contributed by atoms with Gasteiger partial charge in [0, 0.05) is 19.2 Å². The van der Waals surface area contributed by atoms with Gasteiger partial charge in [0.05, 0.1) is 24.0 Å². The number of rotatable bonds is 5. The van der Waals surface area contributed by atoms with Crippen LogP contribution in [-0.4, -0.2) is 35.4 Å². The Bertz CT molecular complexity index is 362. The molecule has 0 aliphatic heterocycles. The summed E-state index contributed by atoms with van der Waals surface area (Å²) in [7, 11) is 0.